The molecule has 0 aromatic heterocycles. The highest BCUT2D eigenvalue weighted by Crippen LogP contribution is 2.11. The average molecular weight is 329 g/mol. The molecule has 134 valence electrons. The first-order valence-corrected chi connectivity index (χ1v) is 8.11. The Morgan fingerprint density at radius 2 is 1.39 bits per heavy atom. The van der Waals surface area contributed by atoms with E-state index in [1.54, 1.807) is 13.8 Å². The fraction of sp³-hybridized carbons (Fsp3) is 0.812. The van der Waals surface area contributed by atoms with Gasteiger partial charge in [0.1, 0.15) is 12.1 Å². The predicted octanol–water partition coefficient (Wildman–Crippen LogP) is 0.726. The third-order valence-corrected chi connectivity index (χ3v) is 4.04. The number of hydrogen-bond acceptors (Lipinski definition) is 4. The summed E-state index contributed by atoms with van der Waals surface area (Å²) in [6.07, 6.45) is 0.661. The van der Waals surface area contributed by atoms with Crippen LogP contribution in [0.1, 0.15) is 48.0 Å². The molecule has 0 saturated carbocycles. The van der Waals surface area contributed by atoms with Crippen LogP contribution >= 0.6 is 0 Å². The first kappa shape index (κ1) is 21.4. The van der Waals surface area contributed by atoms with Crippen LogP contribution < -0.4 is 16.4 Å². The SMILES string of the molecule is CCC(C)C(NC(=O)C(N)C(C)C)C(=O)NC(C(=O)O)C(C)C. The Bertz CT molecular complexity index is 424. The fourth-order valence-electron chi connectivity index (χ4n) is 2.01. The Balaban J connectivity index is 5.14. The van der Waals surface area contributed by atoms with E-state index >= 15 is 0 Å². The minimum absolute atomic E-state index is 0.0573. The Morgan fingerprint density at radius 3 is 1.74 bits per heavy atom. The van der Waals surface area contributed by atoms with E-state index in [1.165, 1.54) is 0 Å². The molecule has 0 aromatic rings. The van der Waals surface area contributed by atoms with E-state index in [0.29, 0.717) is 6.42 Å². The van der Waals surface area contributed by atoms with E-state index in [1.807, 2.05) is 27.7 Å². The van der Waals surface area contributed by atoms with Crippen LogP contribution in [0.2, 0.25) is 0 Å². The van der Waals surface area contributed by atoms with Crippen LogP contribution in [0, 0.1) is 17.8 Å². The van der Waals surface area contributed by atoms with Crippen molar-refractivity contribution >= 4 is 17.8 Å². The van der Waals surface area contributed by atoms with Crippen molar-refractivity contribution in [2.45, 2.75) is 66.1 Å². The van der Waals surface area contributed by atoms with Gasteiger partial charge in [-0.15, -0.1) is 0 Å². The molecule has 4 unspecified atom stereocenters. The molecule has 23 heavy (non-hydrogen) atoms. The number of rotatable bonds is 9. The highest BCUT2D eigenvalue weighted by Gasteiger charge is 2.32. The van der Waals surface area contributed by atoms with Crippen molar-refractivity contribution in [1.82, 2.24) is 10.6 Å². The average Bonchev–Trinajstić information content (AvgIpc) is 2.47. The number of carboxylic acids is 1. The lowest BCUT2D eigenvalue weighted by Crippen LogP contribution is -2.58. The largest absolute Gasteiger partial charge is 0.480 e. The second-order valence-corrected chi connectivity index (χ2v) is 6.71. The zero-order valence-electron chi connectivity index (χ0n) is 14.9. The highest BCUT2D eigenvalue weighted by atomic mass is 16.4. The fourth-order valence-corrected chi connectivity index (χ4v) is 2.01. The molecule has 7 nitrogen and oxygen atoms in total. The number of carbonyl (C=O) groups is 3. The molecular formula is C16H31N3O4. The molecule has 0 radical (unpaired) electrons. The third kappa shape index (κ3) is 6.56. The third-order valence-electron chi connectivity index (χ3n) is 4.04. The summed E-state index contributed by atoms with van der Waals surface area (Å²) in [5.41, 5.74) is 5.81. The summed E-state index contributed by atoms with van der Waals surface area (Å²) >= 11 is 0. The van der Waals surface area contributed by atoms with Crippen LogP contribution in [0.4, 0.5) is 0 Å². The molecule has 4 atom stereocenters. The number of carbonyl (C=O) groups excluding carboxylic acids is 2. The monoisotopic (exact) mass is 329 g/mol. The van der Waals surface area contributed by atoms with Crippen LogP contribution in [-0.4, -0.2) is 41.0 Å². The maximum atomic E-state index is 12.5. The maximum absolute atomic E-state index is 12.5. The normalized spacial score (nSPS) is 16.6. The second kappa shape index (κ2) is 9.50. The summed E-state index contributed by atoms with van der Waals surface area (Å²) in [4.78, 5) is 35.8. The van der Waals surface area contributed by atoms with Crippen LogP contribution in [-0.2, 0) is 14.4 Å². The number of hydrogen-bond donors (Lipinski definition) is 4. The molecule has 0 aliphatic carbocycles. The van der Waals surface area contributed by atoms with Crippen molar-refractivity contribution < 1.29 is 19.5 Å². The van der Waals surface area contributed by atoms with Gasteiger partial charge < -0.3 is 21.5 Å². The Morgan fingerprint density at radius 1 is 0.913 bits per heavy atom. The quantitative estimate of drug-likeness (QED) is 0.497. The lowest BCUT2D eigenvalue weighted by Gasteiger charge is -2.28. The van der Waals surface area contributed by atoms with Crippen molar-refractivity contribution in [1.29, 1.82) is 0 Å². The van der Waals surface area contributed by atoms with Gasteiger partial charge in [0.2, 0.25) is 11.8 Å². The van der Waals surface area contributed by atoms with Gasteiger partial charge in [0.15, 0.2) is 0 Å². The molecule has 0 aliphatic heterocycles. The van der Waals surface area contributed by atoms with E-state index in [2.05, 4.69) is 10.6 Å². The van der Waals surface area contributed by atoms with Gasteiger partial charge in [-0.1, -0.05) is 48.0 Å². The van der Waals surface area contributed by atoms with Crippen LogP contribution in [0.15, 0.2) is 0 Å². The number of aliphatic carboxylic acids is 1. The predicted molar refractivity (Wildman–Crippen MR) is 88.6 cm³/mol. The first-order valence-electron chi connectivity index (χ1n) is 8.11. The van der Waals surface area contributed by atoms with Gasteiger partial charge in [-0.2, -0.15) is 0 Å². The van der Waals surface area contributed by atoms with Crippen molar-refractivity contribution in [3.8, 4) is 0 Å². The van der Waals surface area contributed by atoms with Gasteiger partial charge in [0, 0.05) is 0 Å². The number of carboxylic acid groups (broad SMARTS) is 1. The van der Waals surface area contributed by atoms with Crippen molar-refractivity contribution in [2.75, 3.05) is 0 Å². The molecule has 0 bridgehead atoms. The Labute approximate surface area is 138 Å². The summed E-state index contributed by atoms with van der Waals surface area (Å²) in [6.45, 7) is 10.8. The molecule has 0 saturated heterocycles. The van der Waals surface area contributed by atoms with E-state index in [-0.39, 0.29) is 17.8 Å². The number of amides is 2. The zero-order valence-corrected chi connectivity index (χ0v) is 14.9. The van der Waals surface area contributed by atoms with Crippen LogP contribution in [0.5, 0.6) is 0 Å². The molecule has 2 amide bonds. The van der Waals surface area contributed by atoms with Crippen LogP contribution in [0.25, 0.3) is 0 Å². The van der Waals surface area contributed by atoms with E-state index in [9.17, 15) is 19.5 Å². The molecule has 0 spiro atoms. The highest BCUT2D eigenvalue weighted by molar-refractivity contribution is 5.92. The molecular weight excluding hydrogens is 298 g/mol. The molecule has 0 rings (SSSR count). The smallest absolute Gasteiger partial charge is 0.326 e. The lowest BCUT2D eigenvalue weighted by atomic mass is 9.95. The van der Waals surface area contributed by atoms with Crippen LogP contribution in [0.3, 0.4) is 0 Å². The topological polar surface area (TPSA) is 122 Å². The Kier molecular flexibility index (Phi) is 8.82. The minimum atomic E-state index is -1.10. The van der Waals surface area contributed by atoms with E-state index in [0.717, 1.165) is 0 Å². The number of nitrogens with two attached hydrogens (primary N) is 1. The second-order valence-electron chi connectivity index (χ2n) is 6.71. The van der Waals surface area contributed by atoms with Gasteiger partial charge in [-0.05, 0) is 17.8 Å². The Hall–Kier alpha value is -1.63. The van der Waals surface area contributed by atoms with Gasteiger partial charge in [0.05, 0.1) is 6.04 Å². The summed E-state index contributed by atoms with van der Waals surface area (Å²) in [7, 11) is 0. The summed E-state index contributed by atoms with van der Waals surface area (Å²) in [5, 5.41) is 14.4. The van der Waals surface area contributed by atoms with E-state index in [4.69, 9.17) is 5.73 Å². The molecule has 0 aliphatic rings. The molecule has 5 N–H and O–H groups in total. The summed E-state index contributed by atoms with van der Waals surface area (Å²) in [6, 6.07) is -2.52. The van der Waals surface area contributed by atoms with E-state index < -0.39 is 35.9 Å². The van der Waals surface area contributed by atoms with Crippen molar-refractivity contribution in [3.63, 3.8) is 0 Å². The molecule has 7 heteroatoms. The lowest BCUT2D eigenvalue weighted by molar-refractivity contribution is -0.143. The molecule has 0 heterocycles. The summed E-state index contributed by atoms with van der Waals surface area (Å²) in [5.74, 6) is -2.45. The van der Waals surface area contributed by atoms with Crippen molar-refractivity contribution in [2.24, 2.45) is 23.5 Å². The first-order chi connectivity index (χ1) is 10.5. The van der Waals surface area contributed by atoms with Gasteiger partial charge >= 0.3 is 5.97 Å². The molecule has 0 aromatic carbocycles. The zero-order chi connectivity index (χ0) is 18.3. The van der Waals surface area contributed by atoms with Crippen molar-refractivity contribution in [3.05, 3.63) is 0 Å². The van der Waals surface area contributed by atoms with Gasteiger partial charge in [0.25, 0.3) is 0 Å². The maximum Gasteiger partial charge on any atom is 0.326 e. The molecule has 0 fully saturated rings. The minimum Gasteiger partial charge on any atom is -0.480 e. The van der Waals surface area contributed by atoms with Gasteiger partial charge in [-0.3, -0.25) is 9.59 Å². The number of nitrogens with one attached hydrogen (secondary N) is 2. The van der Waals surface area contributed by atoms with Gasteiger partial charge in [-0.25, -0.2) is 4.79 Å². The standard InChI is InChI=1S/C16H31N3O4/c1-7-10(6)13(19-14(20)11(17)8(2)3)15(21)18-12(9(4)5)16(22)23/h8-13H,7,17H2,1-6H3,(H,18,21)(H,19,20)(H,22,23). The summed E-state index contributed by atoms with van der Waals surface area (Å²) < 4.78 is 0.